The first-order chi connectivity index (χ1) is 9.74. The molecule has 4 nitrogen and oxygen atoms in total. The molecule has 20 heavy (non-hydrogen) atoms. The molecule has 1 aromatic heterocycles. The average Bonchev–Trinajstić information content (AvgIpc) is 2.47. The van der Waals surface area contributed by atoms with E-state index < -0.39 is 5.97 Å². The van der Waals surface area contributed by atoms with E-state index in [1.807, 2.05) is 36.4 Å². The van der Waals surface area contributed by atoms with E-state index in [1.54, 1.807) is 6.07 Å². The lowest BCUT2D eigenvalue weighted by atomic mass is 10.1. The lowest BCUT2D eigenvalue weighted by Gasteiger charge is -2.07. The second kappa shape index (κ2) is 5.01. The maximum absolute atomic E-state index is 12.0. The van der Waals surface area contributed by atoms with E-state index in [0.717, 1.165) is 10.8 Å². The summed E-state index contributed by atoms with van der Waals surface area (Å²) >= 11 is 0. The first kappa shape index (κ1) is 12.2. The monoisotopic (exact) mass is 265 g/mol. The zero-order valence-electron chi connectivity index (χ0n) is 10.5. The maximum Gasteiger partial charge on any atom is 0.360 e. The van der Waals surface area contributed by atoms with Crippen LogP contribution in [0.15, 0.2) is 65.5 Å². The fraction of sp³-hybridized carbons (Fsp3) is 0. The molecular weight excluding hydrogens is 254 g/mol. The summed E-state index contributed by atoms with van der Waals surface area (Å²) in [5, 5.41) is 1.83. The maximum atomic E-state index is 12.0. The van der Waals surface area contributed by atoms with Crippen LogP contribution in [-0.4, -0.2) is 11.0 Å². The fourth-order valence-electron chi connectivity index (χ4n) is 2.01. The van der Waals surface area contributed by atoms with Crippen LogP contribution in [0.25, 0.3) is 10.8 Å². The smallest absolute Gasteiger partial charge is 0.360 e. The van der Waals surface area contributed by atoms with Crippen LogP contribution in [0.2, 0.25) is 0 Å². The number of carbonyl (C=O) groups is 1. The van der Waals surface area contributed by atoms with Crippen LogP contribution >= 0.6 is 0 Å². The Hall–Kier alpha value is -2.88. The van der Waals surface area contributed by atoms with Crippen LogP contribution in [0, 0.1) is 0 Å². The standard InChI is InChI=1S/C16H11NO3/c18-15-10-4-8-13(17-15)16(19)20-14-9-3-6-11-5-1-2-7-12(11)14/h1-10H,(H,17,18). The minimum atomic E-state index is -0.584. The van der Waals surface area contributed by atoms with Crippen molar-refractivity contribution in [2.75, 3.05) is 0 Å². The van der Waals surface area contributed by atoms with Crippen molar-refractivity contribution < 1.29 is 9.53 Å². The summed E-state index contributed by atoms with van der Waals surface area (Å²) in [7, 11) is 0. The van der Waals surface area contributed by atoms with Gasteiger partial charge in [-0.3, -0.25) is 4.79 Å². The zero-order valence-corrected chi connectivity index (χ0v) is 10.5. The van der Waals surface area contributed by atoms with Gasteiger partial charge < -0.3 is 9.72 Å². The van der Waals surface area contributed by atoms with Crippen LogP contribution in [0.1, 0.15) is 10.5 Å². The van der Waals surface area contributed by atoms with E-state index >= 15 is 0 Å². The van der Waals surface area contributed by atoms with Gasteiger partial charge in [0, 0.05) is 11.5 Å². The number of nitrogens with one attached hydrogen (secondary N) is 1. The predicted molar refractivity (Wildman–Crippen MR) is 76.0 cm³/mol. The van der Waals surface area contributed by atoms with Gasteiger partial charge in [0.05, 0.1) is 0 Å². The van der Waals surface area contributed by atoms with Gasteiger partial charge in [0.25, 0.3) is 0 Å². The van der Waals surface area contributed by atoms with Gasteiger partial charge >= 0.3 is 5.97 Å². The van der Waals surface area contributed by atoms with Crippen molar-refractivity contribution in [3.8, 4) is 5.75 Å². The van der Waals surface area contributed by atoms with E-state index in [-0.39, 0.29) is 11.3 Å². The van der Waals surface area contributed by atoms with Crippen LogP contribution in [0.4, 0.5) is 0 Å². The van der Waals surface area contributed by atoms with Crippen molar-refractivity contribution in [2.45, 2.75) is 0 Å². The Kier molecular flexibility index (Phi) is 3.05. The molecule has 1 heterocycles. The van der Waals surface area contributed by atoms with Crippen LogP contribution in [-0.2, 0) is 0 Å². The first-order valence-electron chi connectivity index (χ1n) is 6.13. The van der Waals surface area contributed by atoms with Crippen molar-refractivity contribution in [1.29, 1.82) is 0 Å². The number of pyridine rings is 1. The number of benzene rings is 2. The quantitative estimate of drug-likeness (QED) is 0.572. The van der Waals surface area contributed by atoms with Gasteiger partial charge in [0.2, 0.25) is 5.56 Å². The second-order valence-electron chi connectivity index (χ2n) is 4.30. The molecule has 0 spiro atoms. The summed E-state index contributed by atoms with van der Waals surface area (Å²) in [5.74, 6) is -0.114. The number of ether oxygens (including phenoxy) is 1. The van der Waals surface area contributed by atoms with Gasteiger partial charge in [-0.15, -0.1) is 0 Å². The molecule has 98 valence electrons. The third kappa shape index (κ3) is 2.31. The highest BCUT2D eigenvalue weighted by molar-refractivity contribution is 5.94. The SMILES string of the molecule is O=C(Oc1cccc2ccccc12)c1cccc(=O)[nH]1. The minimum Gasteiger partial charge on any atom is -0.421 e. The number of rotatable bonds is 2. The number of hydrogen-bond acceptors (Lipinski definition) is 3. The highest BCUT2D eigenvalue weighted by atomic mass is 16.5. The Balaban J connectivity index is 1.97. The van der Waals surface area contributed by atoms with E-state index in [0.29, 0.717) is 5.75 Å². The van der Waals surface area contributed by atoms with Crippen molar-refractivity contribution in [1.82, 2.24) is 4.98 Å². The molecule has 0 aliphatic rings. The summed E-state index contributed by atoms with van der Waals surface area (Å²) in [6, 6.07) is 17.5. The highest BCUT2D eigenvalue weighted by Gasteiger charge is 2.11. The van der Waals surface area contributed by atoms with Crippen molar-refractivity contribution in [2.24, 2.45) is 0 Å². The Morgan fingerprint density at radius 3 is 2.50 bits per heavy atom. The molecule has 1 N–H and O–H groups in total. The number of carbonyl (C=O) groups excluding carboxylic acids is 1. The molecular formula is C16H11NO3. The molecule has 0 amide bonds. The van der Waals surface area contributed by atoms with Crippen molar-refractivity contribution >= 4 is 16.7 Å². The molecule has 0 unspecified atom stereocenters. The highest BCUT2D eigenvalue weighted by Crippen LogP contribution is 2.25. The van der Waals surface area contributed by atoms with Crippen molar-refractivity contribution in [3.05, 3.63) is 76.7 Å². The number of esters is 1. The van der Waals surface area contributed by atoms with Crippen LogP contribution in [0.3, 0.4) is 0 Å². The molecule has 0 bridgehead atoms. The summed E-state index contributed by atoms with van der Waals surface area (Å²) in [4.78, 5) is 25.7. The number of aromatic nitrogens is 1. The summed E-state index contributed by atoms with van der Waals surface area (Å²) in [6.45, 7) is 0. The van der Waals surface area contributed by atoms with Gasteiger partial charge in [-0.2, -0.15) is 0 Å². The molecule has 0 aliphatic carbocycles. The van der Waals surface area contributed by atoms with Gasteiger partial charge in [0.15, 0.2) is 0 Å². The molecule has 0 saturated heterocycles. The lowest BCUT2D eigenvalue weighted by Crippen LogP contribution is -2.15. The molecule has 3 aromatic rings. The summed E-state index contributed by atoms with van der Waals surface area (Å²) < 4.78 is 5.36. The Bertz CT molecular complexity index is 831. The number of fused-ring (bicyclic) bond motifs is 1. The molecule has 0 atom stereocenters. The van der Waals surface area contributed by atoms with Crippen molar-refractivity contribution in [3.63, 3.8) is 0 Å². The third-order valence-electron chi connectivity index (χ3n) is 2.94. The molecule has 0 radical (unpaired) electrons. The molecule has 2 aromatic carbocycles. The molecule has 4 heteroatoms. The predicted octanol–water partition coefficient (Wildman–Crippen LogP) is 2.75. The zero-order chi connectivity index (χ0) is 13.9. The lowest BCUT2D eigenvalue weighted by molar-refractivity contribution is 0.0730. The minimum absolute atomic E-state index is 0.130. The number of H-pyrrole nitrogens is 1. The van der Waals surface area contributed by atoms with Gasteiger partial charge in [-0.25, -0.2) is 4.79 Å². The third-order valence-corrected chi connectivity index (χ3v) is 2.94. The molecule has 0 saturated carbocycles. The second-order valence-corrected chi connectivity index (χ2v) is 4.30. The van der Waals surface area contributed by atoms with E-state index in [9.17, 15) is 9.59 Å². The number of hydrogen-bond donors (Lipinski definition) is 1. The molecule has 3 rings (SSSR count). The van der Waals surface area contributed by atoms with E-state index in [2.05, 4.69) is 4.98 Å². The topological polar surface area (TPSA) is 59.2 Å². The number of aromatic amines is 1. The van der Waals surface area contributed by atoms with Crippen LogP contribution in [0.5, 0.6) is 5.75 Å². The molecule has 0 fully saturated rings. The largest absolute Gasteiger partial charge is 0.421 e. The van der Waals surface area contributed by atoms with E-state index in [4.69, 9.17) is 4.74 Å². The molecule has 0 aliphatic heterocycles. The summed E-state index contributed by atoms with van der Waals surface area (Å²) in [5.41, 5.74) is -0.206. The fourth-order valence-corrected chi connectivity index (χ4v) is 2.01. The van der Waals surface area contributed by atoms with Gasteiger partial charge in [-0.1, -0.05) is 42.5 Å². The van der Waals surface area contributed by atoms with Gasteiger partial charge in [-0.05, 0) is 17.5 Å². The normalized spacial score (nSPS) is 10.4. The van der Waals surface area contributed by atoms with Gasteiger partial charge in [0.1, 0.15) is 11.4 Å². The Morgan fingerprint density at radius 1 is 0.900 bits per heavy atom. The van der Waals surface area contributed by atoms with Crippen LogP contribution < -0.4 is 10.3 Å². The summed E-state index contributed by atoms with van der Waals surface area (Å²) in [6.07, 6.45) is 0. The Labute approximate surface area is 114 Å². The average molecular weight is 265 g/mol. The Morgan fingerprint density at radius 2 is 1.65 bits per heavy atom. The van der Waals surface area contributed by atoms with E-state index in [1.165, 1.54) is 18.2 Å². The first-order valence-corrected chi connectivity index (χ1v) is 6.13.